The third kappa shape index (κ3) is 6.21. The molecule has 0 amide bonds. The van der Waals surface area contributed by atoms with Gasteiger partial charge < -0.3 is 10.6 Å². The molecule has 28 heavy (non-hydrogen) atoms. The Morgan fingerprint density at radius 3 is 2.46 bits per heavy atom. The molecule has 154 valence electrons. The SMILES string of the molecule is CN=C(NCCN(CC1CC1)C1CC1)NC1CCN(Cc2ccccc2)CC1. The first-order chi connectivity index (χ1) is 13.8. The number of rotatable bonds is 9. The molecule has 3 fully saturated rings. The average Bonchev–Trinajstić information content (AvgIpc) is 3.63. The zero-order valence-electron chi connectivity index (χ0n) is 17.4. The van der Waals surface area contributed by atoms with Gasteiger partial charge in [-0.3, -0.25) is 14.8 Å². The highest BCUT2D eigenvalue weighted by Crippen LogP contribution is 2.34. The Hall–Kier alpha value is -1.59. The molecule has 2 N–H and O–H groups in total. The van der Waals surface area contributed by atoms with Crippen molar-refractivity contribution in [1.82, 2.24) is 20.4 Å². The lowest BCUT2D eigenvalue weighted by Gasteiger charge is -2.33. The number of piperidine rings is 1. The number of aliphatic imine (C=N–C) groups is 1. The summed E-state index contributed by atoms with van der Waals surface area (Å²) in [6, 6.07) is 12.2. The molecule has 2 saturated carbocycles. The lowest BCUT2D eigenvalue weighted by molar-refractivity contribution is 0.198. The molecule has 2 aliphatic carbocycles. The quantitative estimate of drug-likeness (QED) is 0.508. The third-order valence-corrected chi connectivity index (χ3v) is 6.35. The Morgan fingerprint density at radius 1 is 1.07 bits per heavy atom. The Balaban J connectivity index is 1.14. The lowest BCUT2D eigenvalue weighted by atomic mass is 10.0. The Labute approximate surface area is 170 Å². The maximum absolute atomic E-state index is 4.46. The standard InChI is InChI=1S/C23H37N5/c1-24-23(25-13-16-28(22-9-10-22)18-20-7-8-20)26-21-11-14-27(15-12-21)17-19-5-3-2-4-6-19/h2-6,20-22H,7-18H2,1H3,(H2,24,25,26). The van der Waals surface area contributed by atoms with Gasteiger partial charge in [0.15, 0.2) is 5.96 Å². The number of guanidine groups is 1. The molecule has 0 bridgehead atoms. The molecule has 1 aliphatic heterocycles. The van der Waals surface area contributed by atoms with Gasteiger partial charge in [0.25, 0.3) is 0 Å². The van der Waals surface area contributed by atoms with Crippen molar-refractivity contribution in [2.45, 2.75) is 57.2 Å². The van der Waals surface area contributed by atoms with E-state index in [0.717, 1.165) is 50.6 Å². The van der Waals surface area contributed by atoms with Crippen LogP contribution in [0, 0.1) is 5.92 Å². The molecule has 1 saturated heterocycles. The molecular weight excluding hydrogens is 346 g/mol. The van der Waals surface area contributed by atoms with Crippen molar-refractivity contribution in [3.05, 3.63) is 35.9 Å². The van der Waals surface area contributed by atoms with Crippen molar-refractivity contribution in [3.63, 3.8) is 0 Å². The van der Waals surface area contributed by atoms with Gasteiger partial charge in [-0.1, -0.05) is 30.3 Å². The number of nitrogens with zero attached hydrogens (tertiary/aromatic N) is 3. The van der Waals surface area contributed by atoms with Crippen LogP contribution in [0.1, 0.15) is 44.1 Å². The second-order valence-electron chi connectivity index (χ2n) is 8.85. The van der Waals surface area contributed by atoms with Crippen LogP contribution in [0.25, 0.3) is 0 Å². The third-order valence-electron chi connectivity index (χ3n) is 6.35. The van der Waals surface area contributed by atoms with Crippen molar-refractivity contribution in [2.24, 2.45) is 10.9 Å². The molecule has 0 atom stereocenters. The van der Waals surface area contributed by atoms with E-state index in [1.807, 2.05) is 7.05 Å². The van der Waals surface area contributed by atoms with Crippen LogP contribution in [0.15, 0.2) is 35.3 Å². The fourth-order valence-corrected chi connectivity index (χ4v) is 4.28. The summed E-state index contributed by atoms with van der Waals surface area (Å²) < 4.78 is 0. The van der Waals surface area contributed by atoms with Crippen molar-refractivity contribution in [1.29, 1.82) is 0 Å². The van der Waals surface area contributed by atoms with Gasteiger partial charge >= 0.3 is 0 Å². The highest BCUT2D eigenvalue weighted by molar-refractivity contribution is 5.79. The molecule has 4 rings (SSSR count). The van der Waals surface area contributed by atoms with Gasteiger partial charge in [-0.25, -0.2) is 0 Å². The maximum atomic E-state index is 4.46. The first kappa shape index (κ1) is 19.7. The van der Waals surface area contributed by atoms with E-state index in [9.17, 15) is 0 Å². The first-order valence-electron chi connectivity index (χ1n) is 11.3. The molecule has 1 aromatic carbocycles. The summed E-state index contributed by atoms with van der Waals surface area (Å²) in [5, 5.41) is 7.21. The van der Waals surface area contributed by atoms with Gasteiger partial charge in [0, 0.05) is 58.4 Å². The van der Waals surface area contributed by atoms with E-state index in [4.69, 9.17) is 0 Å². The molecule has 1 heterocycles. The number of benzene rings is 1. The van der Waals surface area contributed by atoms with Crippen LogP contribution in [0.3, 0.4) is 0 Å². The van der Waals surface area contributed by atoms with Crippen LogP contribution < -0.4 is 10.6 Å². The molecule has 1 aromatic rings. The van der Waals surface area contributed by atoms with Crippen LogP contribution in [-0.4, -0.2) is 67.6 Å². The molecule has 0 radical (unpaired) electrons. The van der Waals surface area contributed by atoms with E-state index >= 15 is 0 Å². The highest BCUT2D eigenvalue weighted by Gasteiger charge is 2.33. The van der Waals surface area contributed by atoms with Crippen LogP contribution in [0.2, 0.25) is 0 Å². The van der Waals surface area contributed by atoms with Gasteiger partial charge in [0.1, 0.15) is 0 Å². The summed E-state index contributed by atoms with van der Waals surface area (Å²) in [6.45, 7) is 6.84. The summed E-state index contributed by atoms with van der Waals surface area (Å²) in [5.74, 6) is 1.96. The van der Waals surface area contributed by atoms with Gasteiger partial charge in [0.05, 0.1) is 0 Å². The normalized spacial score (nSPS) is 21.9. The Bertz CT molecular complexity index is 615. The zero-order chi connectivity index (χ0) is 19.2. The number of hydrogen-bond acceptors (Lipinski definition) is 3. The van der Waals surface area contributed by atoms with Crippen molar-refractivity contribution < 1.29 is 0 Å². The van der Waals surface area contributed by atoms with E-state index < -0.39 is 0 Å². The van der Waals surface area contributed by atoms with E-state index in [1.165, 1.54) is 50.6 Å². The first-order valence-corrected chi connectivity index (χ1v) is 11.3. The Morgan fingerprint density at radius 2 is 1.82 bits per heavy atom. The highest BCUT2D eigenvalue weighted by atomic mass is 15.2. The predicted octanol–water partition coefficient (Wildman–Crippen LogP) is 2.69. The Kier molecular flexibility index (Phi) is 6.86. The van der Waals surface area contributed by atoms with Crippen LogP contribution in [0.4, 0.5) is 0 Å². The predicted molar refractivity (Wildman–Crippen MR) is 117 cm³/mol. The fraction of sp³-hybridized carbons (Fsp3) is 0.696. The number of hydrogen-bond donors (Lipinski definition) is 2. The summed E-state index contributed by atoms with van der Waals surface area (Å²) in [4.78, 5) is 9.73. The number of likely N-dealkylation sites (tertiary alicyclic amines) is 1. The van der Waals surface area contributed by atoms with Crippen LogP contribution in [-0.2, 0) is 6.54 Å². The number of nitrogens with one attached hydrogen (secondary N) is 2. The lowest BCUT2D eigenvalue weighted by Crippen LogP contribution is -2.49. The molecular formula is C23H37N5. The van der Waals surface area contributed by atoms with Crippen molar-refractivity contribution >= 4 is 5.96 Å². The molecule has 5 nitrogen and oxygen atoms in total. The maximum Gasteiger partial charge on any atom is 0.191 e. The minimum absolute atomic E-state index is 0.532. The van der Waals surface area contributed by atoms with Crippen molar-refractivity contribution in [2.75, 3.05) is 39.8 Å². The van der Waals surface area contributed by atoms with Crippen LogP contribution in [0.5, 0.6) is 0 Å². The van der Waals surface area contributed by atoms with Gasteiger partial charge in [0.2, 0.25) is 0 Å². The largest absolute Gasteiger partial charge is 0.355 e. The minimum Gasteiger partial charge on any atom is -0.355 e. The average molecular weight is 384 g/mol. The van der Waals surface area contributed by atoms with E-state index in [2.05, 4.69) is 55.8 Å². The fourth-order valence-electron chi connectivity index (χ4n) is 4.28. The van der Waals surface area contributed by atoms with Crippen LogP contribution >= 0.6 is 0 Å². The summed E-state index contributed by atoms with van der Waals surface area (Å²) in [5.41, 5.74) is 1.41. The molecule has 0 unspecified atom stereocenters. The summed E-state index contributed by atoms with van der Waals surface area (Å²) in [7, 11) is 1.89. The van der Waals surface area contributed by atoms with Crippen molar-refractivity contribution in [3.8, 4) is 0 Å². The van der Waals surface area contributed by atoms with E-state index in [1.54, 1.807) is 0 Å². The van der Waals surface area contributed by atoms with Gasteiger partial charge in [-0.15, -0.1) is 0 Å². The molecule has 5 heteroatoms. The molecule has 3 aliphatic rings. The summed E-state index contributed by atoms with van der Waals surface area (Å²) in [6.07, 6.45) is 8.07. The summed E-state index contributed by atoms with van der Waals surface area (Å²) >= 11 is 0. The second-order valence-corrected chi connectivity index (χ2v) is 8.85. The minimum atomic E-state index is 0.532. The monoisotopic (exact) mass is 383 g/mol. The second kappa shape index (κ2) is 9.75. The van der Waals surface area contributed by atoms with Gasteiger partial charge in [-0.05, 0) is 50.0 Å². The topological polar surface area (TPSA) is 42.9 Å². The smallest absolute Gasteiger partial charge is 0.191 e. The zero-order valence-corrected chi connectivity index (χ0v) is 17.4. The van der Waals surface area contributed by atoms with Gasteiger partial charge in [-0.2, -0.15) is 0 Å². The molecule has 0 spiro atoms. The van der Waals surface area contributed by atoms with E-state index in [-0.39, 0.29) is 0 Å². The van der Waals surface area contributed by atoms with E-state index in [0.29, 0.717) is 6.04 Å². The molecule has 0 aromatic heterocycles.